The summed E-state index contributed by atoms with van der Waals surface area (Å²) in [5.41, 5.74) is 11.4. The third kappa shape index (κ3) is 3.68. The Morgan fingerprint density at radius 3 is 2.69 bits per heavy atom. The smallest absolute Gasteiger partial charge is 0.221 e. The molecule has 3 aliphatic rings. The molecule has 2 fully saturated rings. The number of amides is 1. The number of benzene rings is 1. The van der Waals surface area contributed by atoms with Gasteiger partial charge in [0.25, 0.3) is 0 Å². The number of fused-ring (bicyclic) bond motifs is 3. The Morgan fingerprint density at radius 2 is 1.97 bits per heavy atom. The van der Waals surface area contributed by atoms with Crippen LogP contribution in [0.15, 0.2) is 41.0 Å². The van der Waals surface area contributed by atoms with Gasteiger partial charge in [0, 0.05) is 52.2 Å². The lowest BCUT2D eigenvalue weighted by atomic mass is 9.77. The Balaban J connectivity index is 1.38. The Labute approximate surface area is 211 Å². The number of halogens is 1. The molecule has 4 atom stereocenters. The Morgan fingerprint density at radius 1 is 1.23 bits per heavy atom. The monoisotopic (exact) mass is 534 g/mol. The number of ether oxygens (including phenoxy) is 1. The lowest BCUT2D eigenvalue weighted by Crippen LogP contribution is -2.37. The highest BCUT2D eigenvalue weighted by molar-refractivity contribution is 9.10. The molecule has 4 N–H and O–H groups in total. The van der Waals surface area contributed by atoms with E-state index in [0.717, 1.165) is 43.9 Å². The molecule has 2 aromatic heterocycles. The van der Waals surface area contributed by atoms with E-state index in [1.54, 1.807) is 6.20 Å². The highest BCUT2D eigenvalue weighted by Crippen LogP contribution is 2.49. The molecule has 6 rings (SSSR count). The van der Waals surface area contributed by atoms with Crippen molar-refractivity contribution in [1.29, 1.82) is 5.41 Å². The molecular formula is C26H27BrN6O2. The summed E-state index contributed by atoms with van der Waals surface area (Å²) >= 11 is 3.61. The first kappa shape index (κ1) is 22.4. The number of nitrogens with one attached hydrogen (secondary N) is 2. The maximum atomic E-state index is 12.3. The minimum absolute atomic E-state index is 0.115. The van der Waals surface area contributed by atoms with Crippen LogP contribution in [0.5, 0.6) is 0 Å². The Bertz CT molecular complexity index is 1380. The van der Waals surface area contributed by atoms with Gasteiger partial charge in [0.1, 0.15) is 5.82 Å². The van der Waals surface area contributed by atoms with Crippen LogP contribution >= 0.6 is 15.9 Å². The fraction of sp³-hybridized carbons (Fsp3) is 0.385. The van der Waals surface area contributed by atoms with Crippen LogP contribution in [0, 0.1) is 36.0 Å². The van der Waals surface area contributed by atoms with Crippen LogP contribution in [0.1, 0.15) is 17.5 Å². The molecule has 180 valence electrons. The molecule has 3 heterocycles. The average molecular weight is 535 g/mol. The summed E-state index contributed by atoms with van der Waals surface area (Å²) in [7, 11) is 0. The van der Waals surface area contributed by atoms with Crippen LogP contribution in [0.3, 0.4) is 0 Å². The maximum absolute atomic E-state index is 12.3. The zero-order chi connectivity index (χ0) is 24.3. The minimum Gasteiger partial charge on any atom is -0.378 e. The molecular weight excluding hydrogens is 508 g/mol. The van der Waals surface area contributed by atoms with Gasteiger partial charge in [-0.15, -0.1) is 0 Å². The van der Waals surface area contributed by atoms with E-state index in [-0.39, 0.29) is 29.6 Å². The lowest BCUT2D eigenvalue weighted by molar-refractivity contribution is -0.123. The van der Waals surface area contributed by atoms with Gasteiger partial charge in [0.05, 0.1) is 24.6 Å². The van der Waals surface area contributed by atoms with Crippen molar-refractivity contribution in [3.05, 3.63) is 52.1 Å². The number of aromatic amines is 1. The predicted octanol–water partition coefficient (Wildman–Crippen LogP) is 3.82. The van der Waals surface area contributed by atoms with E-state index in [9.17, 15) is 4.79 Å². The number of nitrogens with zero attached hydrogens (tertiary/aromatic N) is 3. The molecule has 1 aliphatic heterocycles. The van der Waals surface area contributed by atoms with Crippen LogP contribution < -0.4 is 10.6 Å². The number of morpholine rings is 1. The van der Waals surface area contributed by atoms with Crippen molar-refractivity contribution >= 4 is 44.4 Å². The van der Waals surface area contributed by atoms with E-state index >= 15 is 0 Å². The normalized spacial score (nSPS) is 25.5. The molecule has 0 radical (unpaired) electrons. The first-order chi connectivity index (χ1) is 16.9. The zero-order valence-corrected chi connectivity index (χ0v) is 21.0. The molecule has 2 bridgehead atoms. The summed E-state index contributed by atoms with van der Waals surface area (Å²) in [4.78, 5) is 27.3. The molecule has 1 aromatic carbocycles. The van der Waals surface area contributed by atoms with Gasteiger partial charge in [-0.3, -0.25) is 4.79 Å². The van der Waals surface area contributed by atoms with Crippen LogP contribution in [-0.2, 0) is 9.53 Å². The number of hydrogen-bond acceptors (Lipinski definition) is 6. The Kier molecular flexibility index (Phi) is 5.49. The molecule has 1 saturated carbocycles. The second-order valence-corrected chi connectivity index (χ2v) is 10.5. The molecule has 1 amide bonds. The highest BCUT2D eigenvalue weighted by Gasteiger charge is 2.49. The zero-order valence-electron chi connectivity index (χ0n) is 19.4. The molecule has 4 unspecified atom stereocenters. The molecule has 35 heavy (non-hydrogen) atoms. The number of carbonyl (C=O) groups excluding carboxylic acids is 1. The van der Waals surface area contributed by atoms with Crippen molar-refractivity contribution in [2.24, 2.45) is 29.4 Å². The van der Waals surface area contributed by atoms with Gasteiger partial charge in [0.2, 0.25) is 5.91 Å². The van der Waals surface area contributed by atoms with E-state index in [0.29, 0.717) is 32.7 Å². The third-order valence-corrected chi connectivity index (χ3v) is 8.31. The standard InChI is InChI=1S/C26H27BrN6O2/c1-13-10-16(33-6-8-35-9-7-33)4-5-17(13)25-31-23-21(18(27)12-30-26(23)32-25)22(28)19-14-2-3-15(11-14)20(19)24(29)34/h2-5,10,12,14-15,19-20,28H,6-9,11H2,1H3,(H2,29,34)(H,30,31,32). The van der Waals surface area contributed by atoms with Crippen molar-refractivity contribution in [3.8, 4) is 11.4 Å². The molecule has 1 saturated heterocycles. The molecule has 0 spiro atoms. The van der Waals surface area contributed by atoms with Crippen LogP contribution in [0.2, 0.25) is 0 Å². The van der Waals surface area contributed by atoms with E-state index in [1.807, 2.05) is 0 Å². The van der Waals surface area contributed by atoms with Gasteiger partial charge in [-0.1, -0.05) is 12.2 Å². The van der Waals surface area contributed by atoms with Crippen LogP contribution in [0.4, 0.5) is 5.69 Å². The second-order valence-electron chi connectivity index (χ2n) is 9.68. The summed E-state index contributed by atoms with van der Waals surface area (Å²) in [5.74, 6) is 0.0429. The van der Waals surface area contributed by atoms with E-state index in [1.165, 1.54) is 5.69 Å². The van der Waals surface area contributed by atoms with E-state index in [2.05, 4.69) is 68.1 Å². The van der Waals surface area contributed by atoms with Crippen LogP contribution in [0.25, 0.3) is 22.6 Å². The fourth-order valence-electron chi connectivity index (χ4n) is 6.03. The largest absolute Gasteiger partial charge is 0.378 e. The maximum Gasteiger partial charge on any atom is 0.221 e. The number of rotatable bonds is 5. The number of anilines is 1. The molecule has 2 aliphatic carbocycles. The average Bonchev–Trinajstić information content (AvgIpc) is 3.58. The predicted molar refractivity (Wildman–Crippen MR) is 139 cm³/mol. The van der Waals surface area contributed by atoms with Crippen LogP contribution in [-0.4, -0.2) is 52.9 Å². The molecule has 3 aromatic rings. The van der Waals surface area contributed by atoms with Gasteiger partial charge >= 0.3 is 0 Å². The van der Waals surface area contributed by atoms with Gasteiger partial charge in [-0.25, -0.2) is 9.97 Å². The van der Waals surface area contributed by atoms with E-state index in [4.69, 9.17) is 20.9 Å². The topological polar surface area (TPSA) is 121 Å². The second kappa shape index (κ2) is 8.57. The third-order valence-electron chi connectivity index (χ3n) is 7.71. The number of allylic oxidation sites excluding steroid dienone is 2. The van der Waals surface area contributed by atoms with Crippen molar-refractivity contribution < 1.29 is 9.53 Å². The molecule has 9 heteroatoms. The van der Waals surface area contributed by atoms with Crippen molar-refractivity contribution in [3.63, 3.8) is 0 Å². The lowest BCUT2D eigenvalue weighted by Gasteiger charge is -2.29. The summed E-state index contributed by atoms with van der Waals surface area (Å²) in [5, 5.41) is 9.16. The van der Waals surface area contributed by atoms with Gasteiger partial charge in [0.15, 0.2) is 5.65 Å². The summed E-state index contributed by atoms with van der Waals surface area (Å²) in [6, 6.07) is 6.38. The number of nitrogens with two attached hydrogens (primary N) is 1. The van der Waals surface area contributed by atoms with Gasteiger partial charge in [-0.2, -0.15) is 0 Å². The van der Waals surface area contributed by atoms with Crippen molar-refractivity contribution in [2.45, 2.75) is 13.3 Å². The van der Waals surface area contributed by atoms with E-state index < -0.39 is 0 Å². The van der Waals surface area contributed by atoms with Crippen molar-refractivity contribution in [1.82, 2.24) is 15.0 Å². The number of imidazole rings is 1. The minimum atomic E-state index is -0.356. The number of hydrogen-bond donors (Lipinski definition) is 3. The quantitative estimate of drug-likeness (QED) is 0.339. The number of primary amides is 1. The number of carbonyl (C=O) groups is 1. The number of aryl methyl sites for hydroxylation is 1. The van der Waals surface area contributed by atoms with Crippen molar-refractivity contribution in [2.75, 3.05) is 31.2 Å². The van der Waals surface area contributed by atoms with Gasteiger partial charge < -0.3 is 25.8 Å². The summed E-state index contributed by atoms with van der Waals surface area (Å²) in [6.45, 7) is 5.34. The number of H-pyrrole nitrogens is 1. The first-order valence-electron chi connectivity index (χ1n) is 12.0. The number of pyridine rings is 1. The molecule has 8 nitrogen and oxygen atoms in total. The van der Waals surface area contributed by atoms with Gasteiger partial charge in [-0.05, 0) is 64.9 Å². The SMILES string of the molecule is Cc1cc(N2CCOCC2)ccc1-c1nc2ncc(Br)c(C(=N)C3C4C=CC(C4)C3C(N)=O)c2[nH]1. The summed E-state index contributed by atoms with van der Waals surface area (Å²) in [6.07, 6.45) is 6.77. The number of aromatic nitrogens is 3. The highest BCUT2D eigenvalue weighted by atomic mass is 79.9. The fourth-order valence-corrected chi connectivity index (χ4v) is 6.54. The summed E-state index contributed by atoms with van der Waals surface area (Å²) < 4.78 is 6.18. The first-order valence-corrected chi connectivity index (χ1v) is 12.8. The Hall–Kier alpha value is -3.04.